The van der Waals surface area contributed by atoms with Crippen molar-refractivity contribution in [3.63, 3.8) is 0 Å². The van der Waals surface area contributed by atoms with Crippen LogP contribution in [0.1, 0.15) is 24.3 Å². The molecule has 1 aliphatic rings. The first-order valence-corrected chi connectivity index (χ1v) is 10.6. The third kappa shape index (κ3) is 5.23. The van der Waals surface area contributed by atoms with Crippen LogP contribution in [0.4, 0.5) is 0 Å². The predicted molar refractivity (Wildman–Crippen MR) is 116 cm³/mol. The number of aromatic nitrogens is 2. The number of amides is 1. The van der Waals surface area contributed by atoms with Gasteiger partial charge in [0.15, 0.2) is 6.61 Å². The van der Waals surface area contributed by atoms with Gasteiger partial charge in [-0.3, -0.25) is 4.79 Å². The van der Waals surface area contributed by atoms with Gasteiger partial charge in [0.05, 0.1) is 7.11 Å². The van der Waals surface area contributed by atoms with Crippen molar-refractivity contribution in [1.29, 1.82) is 0 Å². The van der Waals surface area contributed by atoms with Crippen LogP contribution in [-0.4, -0.2) is 47.8 Å². The van der Waals surface area contributed by atoms with Crippen molar-refractivity contribution in [2.24, 2.45) is 5.92 Å². The first-order chi connectivity index (χ1) is 15.1. The van der Waals surface area contributed by atoms with Crippen molar-refractivity contribution in [1.82, 2.24) is 15.0 Å². The van der Waals surface area contributed by atoms with E-state index in [1.165, 1.54) is 0 Å². The maximum atomic E-state index is 12.7. The molecule has 1 fully saturated rings. The van der Waals surface area contributed by atoms with Gasteiger partial charge in [0, 0.05) is 31.1 Å². The van der Waals surface area contributed by atoms with Crippen LogP contribution < -0.4 is 9.47 Å². The SMILES string of the molecule is COc1cccc(OCC(=O)N2CCCC(Cc3nc(-c4ccccc4C)no3)C2)c1. The summed E-state index contributed by atoms with van der Waals surface area (Å²) in [4.78, 5) is 19.1. The Hall–Kier alpha value is -3.35. The monoisotopic (exact) mass is 421 g/mol. The molecular formula is C24H27N3O4. The number of methoxy groups -OCH3 is 1. The molecule has 1 amide bonds. The molecule has 4 rings (SSSR count). The fraction of sp³-hybridized carbons (Fsp3) is 0.375. The number of likely N-dealkylation sites (tertiary alicyclic amines) is 1. The minimum absolute atomic E-state index is 0.0118. The Labute approximate surface area is 182 Å². The zero-order valence-corrected chi connectivity index (χ0v) is 17.9. The number of nitrogens with zero attached hydrogens (tertiary/aromatic N) is 3. The van der Waals surface area contributed by atoms with Crippen molar-refractivity contribution < 1.29 is 18.8 Å². The van der Waals surface area contributed by atoms with Crippen LogP contribution in [0.2, 0.25) is 0 Å². The first-order valence-electron chi connectivity index (χ1n) is 10.6. The lowest BCUT2D eigenvalue weighted by Crippen LogP contribution is -2.42. The van der Waals surface area contributed by atoms with E-state index < -0.39 is 0 Å². The van der Waals surface area contributed by atoms with E-state index in [4.69, 9.17) is 14.0 Å². The van der Waals surface area contributed by atoms with E-state index >= 15 is 0 Å². The largest absolute Gasteiger partial charge is 0.497 e. The smallest absolute Gasteiger partial charge is 0.260 e. The Bertz CT molecular complexity index is 1030. The Balaban J connectivity index is 1.32. The Morgan fingerprint density at radius 1 is 1.19 bits per heavy atom. The second-order valence-electron chi connectivity index (χ2n) is 7.85. The molecule has 0 N–H and O–H groups in total. The van der Waals surface area contributed by atoms with Crippen LogP contribution in [0.5, 0.6) is 11.5 Å². The molecule has 2 aromatic carbocycles. The van der Waals surface area contributed by atoms with Crippen molar-refractivity contribution in [3.8, 4) is 22.9 Å². The topological polar surface area (TPSA) is 77.7 Å². The maximum absolute atomic E-state index is 12.7. The van der Waals surface area contributed by atoms with Crippen LogP contribution in [0.3, 0.4) is 0 Å². The summed E-state index contributed by atoms with van der Waals surface area (Å²) >= 11 is 0. The van der Waals surface area contributed by atoms with Crippen molar-refractivity contribution in [3.05, 3.63) is 60.0 Å². The van der Waals surface area contributed by atoms with E-state index in [2.05, 4.69) is 10.1 Å². The molecule has 0 spiro atoms. The molecule has 1 aliphatic heterocycles. The van der Waals surface area contributed by atoms with E-state index in [0.29, 0.717) is 42.1 Å². The van der Waals surface area contributed by atoms with Gasteiger partial charge in [0.25, 0.3) is 5.91 Å². The number of benzene rings is 2. The van der Waals surface area contributed by atoms with Crippen LogP contribution in [-0.2, 0) is 11.2 Å². The maximum Gasteiger partial charge on any atom is 0.260 e. The molecule has 1 atom stereocenters. The number of hydrogen-bond acceptors (Lipinski definition) is 6. The van der Waals surface area contributed by atoms with Gasteiger partial charge in [-0.25, -0.2) is 0 Å². The van der Waals surface area contributed by atoms with E-state index in [-0.39, 0.29) is 12.5 Å². The van der Waals surface area contributed by atoms with Gasteiger partial charge in [0.1, 0.15) is 11.5 Å². The van der Waals surface area contributed by atoms with Crippen molar-refractivity contribution >= 4 is 5.91 Å². The molecule has 1 aromatic heterocycles. The molecule has 1 unspecified atom stereocenters. The Morgan fingerprint density at radius 3 is 2.87 bits per heavy atom. The van der Waals surface area contributed by atoms with E-state index in [9.17, 15) is 4.79 Å². The fourth-order valence-corrected chi connectivity index (χ4v) is 3.90. The number of ether oxygens (including phenoxy) is 2. The Morgan fingerprint density at radius 2 is 2.03 bits per heavy atom. The molecule has 0 bridgehead atoms. The minimum Gasteiger partial charge on any atom is -0.497 e. The van der Waals surface area contributed by atoms with Gasteiger partial charge in [-0.05, 0) is 43.4 Å². The molecule has 0 radical (unpaired) electrons. The van der Waals surface area contributed by atoms with E-state index in [1.807, 2.05) is 54.3 Å². The van der Waals surface area contributed by atoms with Gasteiger partial charge in [-0.2, -0.15) is 4.98 Å². The van der Waals surface area contributed by atoms with Crippen LogP contribution in [0.15, 0.2) is 53.1 Å². The Kier molecular flexibility index (Phi) is 6.50. The molecule has 3 aromatic rings. The summed E-state index contributed by atoms with van der Waals surface area (Å²) in [6, 6.07) is 15.3. The lowest BCUT2D eigenvalue weighted by Gasteiger charge is -2.32. The zero-order chi connectivity index (χ0) is 21.6. The lowest BCUT2D eigenvalue weighted by molar-refractivity contribution is -0.135. The highest BCUT2D eigenvalue weighted by Crippen LogP contribution is 2.24. The second kappa shape index (κ2) is 9.64. The molecule has 31 heavy (non-hydrogen) atoms. The van der Waals surface area contributed by atoms with Gasteiger partial charge < -0.3 is 18.9 Å². The lowest BCUT2D eigenvalue weighted by atomic mass is 9.94. The summed E-state index contributed by atoms with van der Waals surface area (Å²) in [7, 11) is 1.60. The number of carbonyl (C=O) groups excluding carboxylic acids is 1. The summed E-state index contributed by atoms with van der Waals surface area (Å²) in [5.41, 5.74) is 2.09. The normalized spacial score (nSPS) is 16.2. The molecule has 2 heterocycles. The zero-order valence-electron chi connectivity index (χ0n) is 17.9. The van der Waals surface area contributed by atoms with Gasteiger partial charge in [-0.15, -0.1) is 0 Å². The number of piperidine rings is 1. The predicted octanol–water partition coefficient (Wildman–Crippen LogP) is 3.91. The minimum atomic E-state index is -0.0151. The highest BCUT2D eigenvalue weighted by Gasteiger charge is 2.26. The highest BCUT2D eigenvalue weighted by atomic mass is 16.5. The molecule has 0 saturated carbocycles. The highest BCUT2D eigenvalue weighted by molar-refractivity contribution is 5.77. The summed E-state index contributed by atoms with van der Waals surface area (Å²) in [6.07, 6.45) is 2.65. The molecule has 7 nitrogen and oxygen atoms in total. The summed E-state index contributed by atoms with van der Waals surface area (Å²) < 4.78 is 16.4. The summed E-state index contributed by atoms with van der Waals surface area (Å²) in [5, 5.41) is 4.15. The van der Waals surface area contributed by atoms with Gasteiger partial charge >= 0.3 is 0 Å². The van der Waals surface area contributed by atoms with E-state index in [1.54, 1.807) is 13.2 Å². The number of aryl methyl sites for hydroxylation is 1. The molecular weight excluding hydrogens is 394 g/mol. The quantitative estimate of drug-likeness (QED) is 0.576. The van der Waals surface area contributed by atoms with E-state index in [0.717, 1.165) is 30.5 Å². The van der Waals surface area contributed by atoms with Crippen LogP contribution in [0, 0.1) is 12.8 Å². The number of hydrogen-bond donors (Lipinski definition) is 0. The van der Waals surface area contributed by atoms with Crippen molar-refractivity contribution in [2.75, 3.05) is 26.8 Å². The van der Waals surface area contributed by atoms with Crippen LogP contribution >= 0.6 is 0 Å². The van der Waals surface area contributed by atoms with Gasteiger partial charge in [0.2, 0.25) is 11.7 Å². The molecule has 7 heteroatoms. The number of rotatable bonds is 7. The average molecular weight is 421 g/mol. The standard InChI is InChI=1S/C24H27N3O4/c1-17-7-3-4-11-21(17)24-25-22(31-26-24)13-18-8-6-12-27(15-18)23(28)16-30-20-10-5-9-19(14-20)29-2/h3-5,7,9-11,14,18H,6,8,12-13,15-16H2,1-2H3. The fourth-order valence-electron chi connectivity index (χ4n) is 3.90. The average Bonchev–Trinajstić information content (AvgIpc) is 3.26. The van der Waals surface area contributed by atoms with Crippen LogP contribution in [0.25, 0.3) is 11.4 Å². The second-order valence-corrected chi connectivity index (χ2v) is 7.85. The third-order valence-electron chi connectivity index (χ3n) is 5.59. The first kappa shape index (κ1) is 20.9. The molecule has 162 valence electrons. The summed E-state index contributed by atoms with van der Waals surface area (Å²) in [6.45, 7) is 3.46. The molecule has 1 saturated heterocycles. The number of carbonyl (C=O) groups is 1. The third-order valence-corrected chi connectivity index (χ3v) is 5.59. The van der Waals surface area contributed by atoms with Gasteiger partial charge in [-0.1, -0.05) is 35.5 Å². The molecule has 0 aliphatic carbocycles. The summed E-state index contributed by atoms with van der Waals surface area (Å²) in [5.74, 6) is 2.83. The van der Waals surface area contributed by atoms with Crippen molar-refractivity contribution in [2.45, 2.75) is 26.2 Å².